The highest BCUT2D eigenvalue weighted by Crippen LogP contribution is 2.31. The number of hydrogen-bond acceptors (Lipinski definition) is 3. The summed E-state index contributed by atoms with van der Waals surface area (Å²) in [6.07, 6.45) is 3.60. The Balaban J connectivity index is 1.85. The highest BCUT2D eigenvalue weighted by Gasteiger charge is 2.12. The predicted molar refractivity (Wildman–Crippen MR) is 106 cm³/mol. The molecule has 3 heterocycles. The minimum atomic E-state index is 0.847. The van der Waals surface area contributed by atoms with Gasteiger partial charge >= 0.3 is 0 Å². The molecule has 26 heavy (non-hydrogen) atoms. The van der Waals surface area contributed by atoms with Crippen LogP contribution in [-0.2, 0) is 0 Å². The van der Waals surface area contributed by atoms with Crippen molar-refractivity contribution in [2.75, 3.05) is 0 Å². The molecule has 0 spiro atoms. The van der Waals surface area contributed by atoms with Crippen molar-refractivity contribution in [1.29, 1.82) is 0 Å². The lowest BCUT2D eigenvalue weighted by Gasteiger charge is -2.11. The normalized spacial score (nSPS) is 10.7. The zero-order valence-electron chi connectivity index (χ0n) is 14.8. The Morgan fingerprint density at radius 3 is 2.12 bits per heavy atom. The van der Waals surface area contributed by atoms with Crippen molar-refractivity contribution in [3.63, 3.8) is 0 Å². The molecule has 126 valence electrons. The molecule has 4 rings (SSSR count). The van der Waals surface area contributed by atoms with E-state index >= 15 is 0 Å². The first kappa shape index (κ1) is 16.2. The molecule has 3 aromatic heterocycles. The molecule has 1 aromatic carbocycles. The third-order valence-electron chi connectivity index (χ3n) is 4.26. The van der Waals surface area contributed by atoms with E-state index in [4.69, 9.17) is 4.98 Å². The molecule has 0 aliphatic carbocycles. The van der Waals surface area contributed by atoms with Crippen LogP contribution in [0.2, 0.25) is 0 Å². The van der Waals surface area contributed by atoms with Crippen LogP contribution < -0.4 is 0 Å². The van der Waals surface area contributed by atoms with Gasteiger partial charge in [0.2, 0.25) is 0 Å². The Hall–Kier alpha value is -3.33. The molecule has 0 fully saturated rings. The fraction of sp³-hybridized carbons (Fsp3) is 0.0870. The van der Waals surface area contributed by atoms with Gasteiger partial charge in [0.1, 0.15) is 0 Å². The van der Waals surface area contributed by atoms with Crippen molar-refractivity contribution in [2.24, 2.45) is 0 Å². The molecule has 0 aliphatic heterocycles. The van der Waals surface area contributed by atoms with Crippen LogP contribution in [0.25, 0.3) is 33.9 Å². The molecule has 3 nitrogen and oxygen atoms in total. The summed E-state index contributed by atoms with van der Waals surface area (Å²) in [4.78, 5) is 13.9. The zero-order chi connectivity index (χ0) is 17.9. The number of benzene rings is 1. The second-order valence-corrected chi connectivity index (χ2v) is 6.40. The van der Waals surface area contributed by atoms with Gasteiger partial charge < -0.3 is 0 Å². The van der Waals surface area contributed by atoms with E-state index < -0.39 is 0 Å². The molecule has 0 unspecified atom stereocenters. The van der Waals surface area contributed by atoms with Crippen molar-refractivity contribution >= 4 is 0 Å². The van der Waals surface area contributed by atoms with Gasteiger partial charge in [-0.25, -0.2) is 4.98 Å². The average Bonchev–Trinajstić information content (AvgIpc) is 2.68. The molecule has 0 saturated carbocycles. The fourth-order valence-electron chi connectivity index (χ4n) is 3.20. The third kappa shape index (κ3) is 3.24. The second kappa shape index (κ2) is 6.89. The van der Waals surface area contributed by atoms with Gasteiger partial charge in [-0.05, 0) is 49.7 Å². The summed E-state index contributed by atoms with van der Waals surface area (Å²) in [5, 5.41) is 0. The molecule has 0 saturated heterocycles. The lowest BCUT2D eigenvalue weighted by atomic mass is 9.98. The molecule has 0 N–H and O–H groups in total. The monoisotopic (exact) mass is 337 g/mol. The number of pyridine rings is 3. The maximum atomic E-state index is 4.82. The second-order valence-electron chi connectivity index (χ2n) is 6.40. The Bertz CT molecular complexity index is 1040. The van der Waals surface area contributed by atoms with Crippen molar-refractivity contribution < 1.29 is 0 Å². The van der Waals surface area contributed by atoms with Crippen LogP contribution in [-0.4, -0.2) is 15.0 Å². The number of aromatic nitrogens is 3. The highest BCUT2D eigenvalue weighted by molar-refractivity contribution is 5.80. The topological polar surface area (TPSA) is 38.7 Å². The minimum Gasteiger partial charge on any atom is -0.255 e. The molecular formula is C23H19N3. The Morgan fingerprint density at radius 2 is 1.35 bits per heavy atom. The van der Waals surface area contributed by atoms with E-state index in [0.717, 1.165) is 33.9 Å². The van der Waals surface area contributed by atoms with Crippen molar-refractivity contribution in [1.82, 2.24) is 15.0 Å². The molecular weight excluding hydrogens is 318 g/mol. The summed E-state index contributed by atoms with van der Waals surface area (Å²) in [6.45, 7) is 4.24. The Labute approximate surface area is 153 Å². The number of aryl methyl sites for hydroxylation is 2. The standard InChI is InChI=1S/C23H19N3/c1-16-13-17(2)15-18(14-16)19-7-6-12-25-23(19)22-10-5-9-21(26-22)20-8-3-4-11-24-20/h3-15H,1-2H3. The van der Waals surface area contributed by atoms with E-state index in [-0.39, 0.29) is 0 Å². The van der Waals surface area contributed by atoms with E-state index in [1.807, 2.05) is 48.7 Å². The molecule has 0 atom stereocenters. The van der Waals surface area contributed by atoms with Gasteiger partial charge in [0.25, 0.3) is 0 Å². The number of rotatable bonds is 3. The summed E-state index contributed by atoms with van der Waals surface area (Å²) in [5.41, 5.74) is 8.17. The predicted octanol–water partition coefficient (Wildman–Crippen LogP) is 5.49. The van der Waals surface area contributed by atoms with E-state index in [2.05, 4.69) is 48.1 Å². The largest absolute Gasteiger partial charge is 0.255 e. The Kier molecular flexibility index (Phi) is 4.28. The van der Waals surface area contributed by atoms with E-state index in [9.17, 15) is 0 Å². The van der Waals surface area contributed by atoms with Crippen molar-refractivity contribution in [2.45, 2.75) is 13.8 Å². The van der Waals surface area contributed by atoms with Crippen LogP contribution in [0.4, 0.5) is 0 Å². The van der Waals surface area contributed by atoms with Crippen LogP contribution in [0.15, 0.2) is 79.1 Å². The summed E-state index contributed by atoms with van der Waals surface area (Å²) in [7, 11) is 0. The molecule has 0 radical (unpaired) electrons. The first-order valence-electron chi connectivity index (χ1n) is 8.63. The highest BCUT2D eigenvalue weighted by atomic mass is 14.8. The first-order valence-corrected chi connectivity index (χ1v) is 8.63. The molecule has 0 aliphatic rings. The maximum Gasteiger partial charge on any atom is 0.0964 e. The van der Waals surface area contributed by atoms with Crippen molar-refractivity contribution in [3.05, 3.63) is 90.3 Å². The summed E-state index contributed by atoms with van der Waals surface area (Å²) in [5.74, 6) is 0. The van der Waals surface area contributed by atoms with Gasteiger partial charge in [-0.2, -0.15) is 0 Å². The zero-order valence-corrected chi connectivity index (χ0v) is 14.8. The van der Waals surface area contributed by atoms with Gasteiger partial charge in [-0.15, -0.1) is 0 Å². The Morgan fingerprint density at radius 1 is 0.615 bits per heavy atom. The van der Waals surface area contributed by atoms with E-state index in [1.165, 1.54) is 11.1 Å². The quantitative estimate of drug-likeness (QED) is 0.496. The van der Waals surface area contributed by atoms with E-state index in [1.54, 1.807) is 6.20 Å². The molecule has 0 bridgehead atoms. The van der Waals surface area contributed by atoms with Crippen LogP contribution >= 0.6 is 0 Å². The van der Waals surface area contributed by atoms with Crippen LogP contribution in [0.1, 0.15) is 11.1 Å². The lowest BCUT2D eigenvalue weighted by molar-refractivity contribution is 1.22. The molecule has 3 heteroatoms. The summed E-state index contributed by atoms with van der Waals surface area (Å²) in [6, 6.07) is 22.5. The first-order chi connectivity index (χ1) is 12.7. The van der Waals surface area contributed by atoms with Crippen molar-refractivity contribution in [3.8, 4) is 33.9 Å². The van der Waals surface area contributed by atoms with E-state index in [0.29, 0.717) is 0 Å². The van der Waals surface area contributed by atoms with Crippen LogP contribution in [0.3, 0.4) is 0 Å². The summed E-state index contributed by atoms with van der Waals surface area (Å²) < 4.78 is 0. The van der Waals surface area contributed by atoms with Gasteiger partial charge in [0.15, 0.2) is 0 Å². The van der Waals surface area contributed by atoms with Gasteiger partial charge in [0, 0.05) is 18.0 Å². The summed E-state index contributed by atoms with van der Waals surface area (Å²) >= 11 is 0. The maximum absolute atomic E-state index is 4.82. The number of nitrogens with zero attached hydrogens (tertiary/aromatic N) is 3. The molecule has 0 amide bonds. The third-order valence-corrected chi connectivity index (χ3v) is 4.26. The van der Waals surface area contributed by atoms with Crippen LogP contribution in [0.5, 0.6) is 0 Å². The SMILES string of the molecule is Cc1cc(C)cc(-c2cccnc2-c2cccc(-c3ccccn3)n2)c1. The fourth-order valence-corrected chi connectivity index (χ4v) is 3.20. The number of hydrogen-bond donors (Lipinski definition) is 0. The van der Waals surface area contributed by atoms with Gasteiger partial charge in [-0.1, -0.05) is 47.5 Å². The average molecular weight is 337 g/mol. The van der Waals surface area contributed by atoms with Crippen LogP contribution in [0, 0.1) is 13.8 Å². The van der Waals surface area contributed by atoms with Gasteiger partial charge in [0.05, 0.1) is 22.8 Å². The van der Waals surface area contributed by atoms with Gasteiger partial charge in [-0.3, -0.25) is 9.97 Å². The lowest BCUT2D eigenvalue weighted by Crippen LogP contribution is -1.94. The molecule has 4 aromatic rings. The minimum absolute atomic E-state index is 0.847. The smallest absolute Gasteiger partial charge is 0.0964 e.